The van der Waals surface area contributed by atoms with Crippen LogP contribution in [0.5, 0.6) is 0 Å². The second-order valence-electron chi connectivity index (χ2n) is 2.57. The molecule has 1 aromatic heterocycles. The molecule has 1 rings (SSSR count). The van der Waals surface area contributed by atoms with Crippen LogP contribution in [0.3, 0.4) is 0 Å². The molecule has 13 heavy (non-hydrogen) atoms. The smallest absolute Gasteiger partial charge is 0.221 e. The van der Waals surface area contributed by atoms with E-state index in [1.807, 2.05) is 0 Å². The van der Waals surface area contributed by atoms with Gasteiger partial charge in [-0.2, -0.15) is 0 Å². The lowest BCUT2D eigenvalue weighted by atomic mass is 10.2. The third-order valence-corrected chi connectivity index (χ3v) is 1.57. The summed E-state index contributed by atoms with van der Waals surface area (Å²) in [4.78, 5) is 16.5. The zero-order valence-electron chi connectivity index (χ0n) is 7.79. The molecule has 3 nitrogen and oxygen atoms in total. The maximum atomic E-state index is 10.1. The molecule has 0 aliphatic carbocycles. The van der Waals surface area contributed by atoms with Crippen LogP contribution in [0, 0.1) is 0 Å². The van der Waals surface area contributed by atoms with E-state index >= 15 is 0 Å². The van der Waals surface area contributed by atoms with Gasteiger partial charge in [0, 0.05) is 18.8 Å². The van der Waals surface area contributed by atoms with Gasteiger partial charge in [-0.15, -0.1) is 0 Å². The Morgan fingerprint density at radius 1 is 1.54 bits per heavy atom. The van der Waals surface area contributed by atoms with Crippen molar-refractivity contribution in [2.24, 2.45) is 0 Å². The van der Waals surface area contributed by atoms with Crippen LogP contribution >= 0.6 is 11.6 Å². The molecule has 0 unspecified atom stereocenters. The Balaban J connectivity index is 0.000000243. The van der Waals surface area contributed by atoms with Crippen molar-refractivity contribution in [3.05, 3.63) is 18.7 Å². The van der Waals surface area contributed by atoms with Crippen molar-refractivity contribution in [2.75, 3.05) is 0 Å². The quantitative estimate of drug-likeness (QED) is 0.603. The molecule has 0 bridgehead atoms. The van der Waals surface area contributed by atoms with Gasteiger partial charge in [0.25, 0.3) is 0 Å². The number of unbranched alkanes of at least 4 members (excludes halogenated alkanes) is 2. The number of H-pyrrole nitrogens is 1. The predicted molar refractivity (Wildman–Crippen MR) is 53.6 cm³/mol. The molecule has 0 saturated heterocycles. The third kappa shape index (κ3) is 11.2. The summed E-state index contributed by atoms with van der Waals surface area (Å²) in [6, 6.07) is 0. The summed E-state index contributed by atoms with van der Waals surface area (Å²) in [7, 11) is 0. The number of imidazole rings is 1. The second kappa shape index (κ2) is 9.26. The number of carbonyl (C=O) groups is 1. The molecule has 0 spiro atoms. The number of aromatic nitrogens is 2. The molecule has 0 amide bonds. The van der Waals surface area contributed by atoms with Gasteiger partial charge in [0.05, 0.1) is 6.33 Å². The van der Waals surface area contributed by atoms with E-state index < -0.39 is 0 Å². The highest BCUT2D eigenvalue weighted by Crippen LogP contribution is 2.00. The van der Waals surface area contributed by atoms with Gasteiger partial charge in [-0.3, -0.25) is 4.79 Å². The average Bonchev–Trinajstić information content (AvgIpc) is 2.61. The summed E-state index contributed by atoms with van der Waals surface area (Å²) in [5.74, 6) is 0. The maximum absolute atomic E-state index is 10.1. The molecule has 0 aliphatic rings. The van der Waals surface area contributed by atoms with E-state index in [0.717, 1.165) is 19.3 Å². The second-order valence-corrected chi connectivity index (χ2v) is 2.99. The Morgan fingerprint density at radius 3 is 2.62 bits per heavy atom. The minimum Gasteiger partial charge on any atom is -0.351 e. The Morgan fingerprint density at radius 2 is 2.31 bits per heavy atom. The number of aromatic amines is 1. The summed E-state index contributed by atoms with van der Waals surface area (Å²) < 4.78 is 0. The number of rotatable bonds is 4. The molecule has 4 heteroatoms. The van der Waals surface area contributed by atoms with Gasteiger partial charge in [-0.25, -0.2) is 4.98 Å². The first-order chi connectivity index (χ1) is 6.27. The number of hydrogen-bond acceptors (Lipinski definition) is 2. The van der Waals surface area contributed by atoms with E-state index in [1.165, 1.54) is 0 Å². The van der Waals surface area contributed by atoms with E-state index in [9.17, 15) is 4.79 Å². The number of nitrogens with zero attached hydrogens (tertiary/aromatic N) is 1. The summed E-state index contributed by atoms with van der Waals surface area (Å²) in [5.41, 5.74) is 0. The van der Waals surface area contributed by atoms with E-state index in [2.05, 4.69) is 16.9 Å². The molecule has 0 saturated carbocycles. The Hall–Kier alpha value is -0.830. The van der Waals surface area contributed by atoms with Gasteiger partial charge >= 0.3 is 0 Å². The monoisotopic (exact) mass is 202 g/mol. The van der Waals surface area contributed by atoms with Crippen LogP contribution in [-0.2, 0) is 4.79 Å². The molecule has 1 N–H and O–H groups in total. The van der Waals surface area contributed by atoms with Crippen molar-refractivity contribution in [3.63, 3.8) is 0 Å². The Bertz CT molecular complexity index is 182. The average molecular weight is 203 g/mol. The number of halogens is 1. The van der Waals surface area contributed by atoms with Crippen molar-refractivity contribution in [1.82, 2.24) is 9.97 Å². The maximum Gasteiger partial charge on any atom is 0.221 e. The van der Waals surface area contributed by atoms with Gasteiger partial charge in [0.2, 0.25) is 5.24 Å². The number of nitrogens with one attached hydrogen (secondary N) is 1. The van der Waals surface area contributed by atoms with E-state index in [-0.39, 0.29) is 5.24 Å². The fourth-order valence-corrected chi connectivity index (χ4v) is 0.863. The SMILES string of the molecule is CCCCCC(=O)Cl.c1c[nH]cn1. The molecular formula is C9H15ClN2O. The first-order valence-corrected chi connectivity index (χ1v) is 4.76. The lowest BCUT2D eigenvalue weighted by Gasteiger charge is -1.89. The van der Waals surface area contributed by atoms with E-state index in [1.54, 1.807) is 18.7 Å². The van der Waals surface area contributed by atoms with Crippen molar-refractivity contribution in [2.45, 2.75) is 32.6 Å². The largest absolute Gasteiger partial charge is 0.351 e. The van der Waals surface area contributed by atoms with Crippen molar-refractivity contribution in [3.8, 4) is 0 Å². The molecule has 0 aromatic carbocycles. The van der Waals surface area contributed by atoms with Crippen molar-refractivity contribution in [1.29, 1.82) is 0 Å². The fourth-order valence-electron chi connectivity index (χ4n) is 0.729. The first-order valence-electron chi connectivity index (χ1n) is 4.38. The summed E-state index contributed by atoms with van der Waals surface area (Å²) >= 11 is 5.07. The van der Waals surface area contributed by atoms with Crippen LogP contribution in [0.15, 0.2) is 18.7 Å². The zero-order chi connectivity index (χ0) is 9.94. The molecule has 1 heterocycles. The third-order valence-electron chi connectivity index (χ3n) is 1.38. The molecule has 0 fully saturated rings. The summed E-state index contributed by atoms with van der Waals surface area (Å²) in [5, 5.41) is -0.210. The van der Waals surface area contributed by atoms with Gasteiger partial charge in [-0.1, -0.05) is 19.8 Å². The van der Waals surface area contributed by atoms with Crippen LogP contribution in [0.1, 0.15) is 32.6 Å². The minimum atomic E-state index is -0.210. The zero-order valence-corrected chi connectivity index (χ0v) is 8.55. The highest BCUT2D eigenvalue weighted by atomic mass is 35.5. The predicted octanol–water partition coefficient (Wildman–Crippen LogP) is 2.74. The topological polar surface area (TPSA) is 45.8 Å². The van der Waals surface area contributed by atoms with Crippen LogP contribution in [0.4, 0.5) is 0 Å². The number of carbonyl (C=O) groups excluding carboxylic acids is 1. The van der Waals surface area contributed by atoms with Gasteiger partial charge < -0.3 is 4.98 Å². The first kappa shape index (κ1) is 12.2. The van der Waals surface area contributed by atoms with Crippen LogP contribution in [-0.4, -0.2) is 15.2 Å². The molecule has 74 valence electrons. The van der Waals surface area contributed by atoms with E-state index in [0.29, 0.717) is 6.42 Å². The molecule has 0 aliphatic heterocycles. The Labute approximate surface area is 83.5 Å². The van der Waals surface area contributed by atoms with Crippen LogP contribution < -0.4 is 0 Å². The molecular weight excluding hydrogens is 188 g/mol. The van der Waals surface area contributed by atoms with E-state index in [4.69, 9.17) is 11.6 Å². The number of hydrogen-bond donors (Lipinski definition) is 1. The summed E-state index contributed by atoms with van der Waals surface area (Å²) in [6.45, 7) is 2.10. The molecule has 0 atom stereocenters. The van der Waals surface area contributed by atoms with Crippen molar-refractivity contribution >= 4 is 16.8 Å². The highest BCUT2D eigenvalue weighted by Gasteiger charge is 1.92. The normalized spacial score (nSPS) is 8.77. The summed E-state index contributed by atoms with van der Waals surface area (Å²) in [6.07, 6.45) is 8.82. The standard InChI is InChI=1S/C6H11ClO.C3H4N2/c1-2-3-4-5-6(7)8;1-2-5-3-4-1/h2-5H2,1H3;1-3H,(H,4,5). The van der Waals surface area contributed by atoms with Crippen molar-refractivity contribution < 1.29 is 4.79 Å². The van der Waals surface area contributed by atoms with Gasteiger partial charge in [0.1, 0.15) is 0 Å². The lowest BCUT2D eigenvalue weighted by Crippen LogP contribution is -1.84. The Kier molecular flexibility index (Phi) is 8.67. The molecule has 1 aromatic rings. The van der Waals surface area contributed by atoms with Crippen LogP contribution in [0.2, 0.25) is 0 Å². The molecule has 0 radical (unpaired) electrons. The van der Waals surface area contributed by atoms with Crippen LogP contribution in [0.25, 0.3) is 0 Å². The fraction of sp³-hybridized carbons (Fsp3) is 0.556. The highest BCUT2D eigenvalue weighted by molar-refractivity contribution is 6.63. The van der Waals surface area contributed by atoms with Gasteiger partial charge in [-0.05, 0) is 18.0 Å². The van der Waals surface area contributed by atoms with Gasteiger partial charge in [0.15, 0.2) is 0 Å². The lowest BCUT2D eigenvalue weighted by molar-refractivity contribution is -0.111. The minimum absolute atomic E-state index is 0.210.